The Morgan fingerprint density at radius 2 is 1.67 bits per heavy atom. The molecule has 3 rings (SSSR count). The van der Waals surface area contributed by atoms with Gasteiger partial charge in [0.25, 0.3) is 5.91 Å². The van der Waals surface area contributed by atoms with Gasteiger partial charge in [-0.1, -0.05) is 36.6 Å². The van der Waals surface area contributed by atoms with Gasteiger partial charge in [-0.05, 0) is 67.9 Å². The molecule has 0 saturated carbocycles. The largest absolute Gasteiger partial charge is 0.497 e. The summed E-state index contributed by atoms with van der Waals surface area (Å²) in [7, 11) is 1.67. The lowest BCUT2D eigenvalue weighted by Gasteiger charge is -2.31. The fraction of sp³-hybridized carbons (Fsp3) is 0.409. The molecule has 2 aromatic carbocycles. The van der Waals surface area contributed by atoms with Crippen LogP contribution in [0, 0.1) is 0 Å². The number of halogens is 1. The van der Waals surface area contributed by atoms with Gasteiger partial charge in [-0.25, -0.2) is 0 Å². The normalized spacial score (nSPS) is 16.4. The Bertz CT molecular complexity index is 723. The van der Waals surface area contributed by atoms with Crippen molar-refractivity contribution >= 4 is 17.5 Å². The predicted octanol–water partition coefficient (Wildman–Crippen LogP) is 4.70. The van der Waals surface area contributed by atoms with Crippen LogP contribution in [0.15, 0.2) is 48.5 Å². The average Bonchev–Trinajstić information content (AvgIpc) is 2.98. The summed E-state index contributed by atoms with van der Waals surface area (Å²) in [6.07, 6.45) is 4.97. The first-order chi connectivity index (χ1) is 13.2. The number of nitrogens with one attached hydrogen (secondary N) is 1. The maximum Gasteiger partial charge on any atom is 0.251 e. The number of benzene rings is 2. The number of carbonyl (C=O) groups excluding carboxylic acids is 1. The number of rotatable bonds is 6. The SMILES string of the molecule is COc1ccc(C(CNC(=O)c2ccc(Cl)cc2)N2CCCCCC2)cc1. The van der Waals surface area contributed by atoms with Gasteiger partial charge in [0.1, 0.15) is 5.75 Å². The molecule has 0 bridgehead atoms. The topological polar surface area (TPSA) is 41.6 Å². The van der Waals surface area contributed by atoms with Crippen LogP contribution < -0.4 is 10.1 Å². The highest BCUT2D eigenvalue weighted by Crippen LogP contribution is 2.25. The number of ether oxygens (including phenoxy) is 1. The van der Waals surface area contributed by atoms with E-state index in [4.69, 9.17) is 16.3 Å². The molecule has 1 saturated heterocycles. The van der Waals surface area contributed by atoms with Crippen LogP contribution in [0.4, 0.5) is 0 Å². The number of hydrogen-bond acceptors (Lipinski definition) is 3. The summed E-state index contributed by atoms with van der Waals surface area (Å²) in [6, 6.07) is 15.3. The number of likely N-dealkylation sites (tertiary alicyclic amines) is 1. The molecule has 1 aliphatic rings. The lowest BCUT2D eigenvalue weighted by atomic mass is 10.0. The Morgan fingerprint density at radius 1 is 1.04 bits per heavy atom. The van der Waals surface area contributed by atoms with E-state index in [0.29, 0.717) is 17.1 Å². The van der Waals surface area contributed by atoms with E-state index in [2.05, 4.69) is 22.3 Å². The first-order valence-electron chi connectivity index (χ1n) is 9.59. The Kier molecular flexibility index (Phi) is 7.13. The molecule has 27 heavy (non-hydrogen) atoms. The summed E-state index contributed by atoms with van der Waals surface area (Å²) in [5, 5.41) is 3.74. The van der Waals surface area contributed by atoms with Crippen molar-refractivity contribution in [3.8, 4) is 5.75 Å². The van der Waals surface area contributed by atoms with E-state index in [9.17, 15) is 4.79 Å². The summed E-state index contributed by atoms with van der Waals surface area (Å²) < 4.78 is 5.29. The van der Waals surface area contributed by atoms with Crippen LogP contribution in [0.2, 0.25) is 5.02 Å². The van der Waals surface area contributed by atoms with Crippen molar-refractivity contribution in [2.24, 2.45) is 0 Å². The molecule has 2 aromatic rings. The van der Waals surface area contributed by atoms with E-state index in [1.54, 1.807) is 31.4 Å². The van der Waals surface area contributed by atoms with E-state index in [1.807, 2.05) is 12.1 Å². The number of carbonyl (C=O) groups is 1. The van der Waals surface area contributed by atoms with Crippen LogP contribution in [0.3, 0.4) is 0 Å². The van der Waals surface area contributed by atoms with Crippen molar-refractivity contribution in [2.45, 2.75) is 31.7 Å². The summed E-state index contributed by atoms with van der Waals surface area (Å²) in [5.74, 6) is 0.776. The zero-order valence-corrected chi connectivity index (χ0v) is 16.5. The van der Waals surface area contributed by atoms with E-state index < -0.39 is 0 Å². The summed E-state index contributed by atoms with van der Waals surface area (Å²) in [6.45, 7) is 2.70. The first kappa shape index (κ1) is 19.7. The van der Waals surface area contributed by atoms with Gasteiger partial charge in [-0.2, -0.15) is 0 Å². The zero-order chi connectivity index (χ0) is 19.1. The monoisotopic (exact) mass is 386 g/mol. The molecular weight excluding hydrogens is 360 g/mol. The molecule has 1 atom stereocenters. The molecule has 1 amide bonds. The molecule has 5 heteroatoms. The molecule has 1 heterocycles. The minimum Gasteiger partial charge on any atom is -0.497 e. The molecule has 0 spiro atoms. The standard InChI is InChI=1S/C22H27ClN2O2/c1-27-20-12-8-17(9-13-20)21(25-14-4-2-3-5-15-25)16-24-22(26)18-6-10-19(23)11-7-18/h6-13,21H,2-5,14-16H2,1H3,(H,24,26). The molecule has 0 radical (unpaired) electrons. The van der Waals surface area contributed by atoms with Gasteiger partial charge in [0.05, 0.1) is 13.2 Å². The number of nitrogens with zero attached hydrogens (tertiary/aromatic N) is 1. The number of hydrogen-bond donors (Lipinski definition) is 1. The van der Waals surface area contributed by atoms with Crippen molar-refractivity contribution in [3.05, 3.63) is 64.7 Å². The van der Waals surface area contributed by atoms with Gasteiger partial charge in [0.15, 0.2) is 0 Å². The maximum absolute atomic E-state index is 12.6. The second kappa shape index (κ2) is 9.77. The van der Waals surface area contributed by atoms with E-state index >= 15 is 0 Å². The fourth-order valence-corrected chi connectivity index (χ4v) is 3.71. The Balaban J connectivity index is 1.73. The van der Waals surface area contributed by atoms with E-state index in [0.717, 1.165) is 18.8 Å². The van der Waals surface area contributed by atoms with Crippen LogP contribution in [0.25, 0.3) is 0 Å². The fourth-order valence-electron chi connectivity index (χ4n) is 3.58. The highest BCUT2D eigenvalue weighted by molar-refractivity contribution is 6.30. The molecule has 0 aromatic heterocycles. The first-order valence-corrected chi connectivity index (χ1v) is 9.97. The van der Waals surface area contributed by atoms with Crippen LogP contribution in [-0.4, -0.2) is 37.6 Å². The second-order valence-electron chi connectivity index (χ2n) is 6.96. The summed E-state index contributed by atoms with van der Waals surface area (Å²) in [4.78, 5) is 15.0. The van der Waals surface area contributed by atoms with Gasteiger partial charge >= 0.3 is 0 Å². The molecule has 1 N–H and O–H groups in total. The van der Waals surface area contributed by atoms with Gasteiger partial charge in [-0.15, -0.1) is 0 Å². The third-order valence-corrected chi connectivity index (χ3v) is 5.40. The number of methoxy groups -OCH3 is 1. The van der Waals surface area contributed by atoms with Crippen LogP contribution in [0.5, 0.6) is 5.75 Å². The average molecular weight is 387 g/mol. The third kappa shape index (κ3) is 5.47. The second-order valence-corrected chi connectivity index (χ2v) is 7.39. The van der Waals surface area contributed by atoms with Crippen molar-refractivity contribution < 1.29 is 9.53 Å². The smallest absolute Gasteiger partial charge is 0.251 e. The Labute approximate surface area is 166 Å². The van der Waals surface area contributed by atoms with Gasteiger partial charge in [-0.3, -0.25) is 9.69 Å². The van der Waals surface area contributed by atoms with Gasteiger partial charge < -0.3 is 10.1 Å². The molecular formula is C22H27ClN2O2. The number of amides is 1. The van der Waals surface area contributed by atoms with Crippen LogP contribution >= 0.6 is 11.6 Å². The van der Waals surface area contributed by atoms with Crippen LogP contribution in [0.1, 0.15) is 47.6 Å². The van der Waals surface area contributed by atoms with Crippen molar-refractivity contribution in [2.75, 3.05) is 26.7 Å². The lowest BCUT2D eigenvalue weighted by Crippen LogP contribution is -2.38. The van der Waals surface area contributed by atoms with Crippen molar-refractivity contribution in [3.63, 3.8) is 0 Å². The van der Waals surface area contributed by atoms with E-state index in [1.165, 1.54) is 31.2 Å². The van der Waals surface area contributed by atoms with Gasteiger partial charge in [0.2, 0.25) is 0 Å². The predicted molar refractivity (Wildman–Crippen MR) is 110 cm³/mol. The van der Waals surface area contributed by atoms with E-state index in [-0.39, 0.29) is 11.9 Å². The molecule has 1 aliphatic heterocycles. The molecule has 1 fully saturated rings. The third-order valence-electron chi connectivity index (χ3n) is 5.14. The molecule has 144 valence electrons. The Hall–Kier alpha value is -2.04. The quantitative estimate of drug-likeness (QED) is 0.782. The maximum atomic E-state index is 12.6. The minimum atomic E-state index is -0.0694. The lowest BCUT2D eigenvalue weighted by molar-refractivity contribution is 0.0933. The summed E-state index contributed by atoms with van der Waals surface area (Å²) in [5.41, 5.74) is 1.83. The van der Waals surface area contributed by atoms with Gasteiger partial charge in [0, 0.05) is 17.1 Å². The zero-order valence-electron chi connectivity index (χ0n) is 15.8. The van der Waals surface area contributed by atoms with Crippen molar-refractivity contribution in [1.82, 2.24) is 10.2 Å². The minimum absolute atomic E-state index is 0.0694. The van der Waals surface area contributed by atoms with Crippen molar-refractivity contribution in [1.29, 1.82) is 0 Å². The highest BCUT2D eigenvalue weighted by atomic mass is 35.5. The molecule has 0 aliphatic carbocycles. The summed E-state index contributed by atoms with van der Waals surface area (Å²) >= 11 is 5.92. The van der Waals surface area contributed by atoms with Crippen LogP contribution in [-0.2, 0) is 0 Å². The highest BCUT2D eigenvalue weighted by Gasteiger charge is 2.22. The Morgan fingerprint density at radius 3 is 2.26 bits per heavy atom. The molecule has 4 nitrogen and oxygen atoms in total. The molecule has 1 unspecified atom stereocenters.